The predicted molar refractivity (Wildman–Crippen MR) is 97.2 cm³/mol. The number of pyridine rings is 1. The van der Waals surface area contributed by atoms with Crippen molar-refractivity contribution in [1.82, 2.24) is 4.98 Å². The van der Waals surface area contributed by atoms with Crippen LogP contribution in [0.2, 0.25) is 0 Å². The zero-order chi connectivity index (χ0) is 14.8. The Morgan fingerprint density at radius 2 is 1.26 bits per heavy atom. The van der Waals surface area contributed by atoms with Gasteiger partial charge in [-0.05, 0) is 47.2 Å². The Morgan fingerprint density at radius 3 is 1.83 bits per heavy atom. The first-order valence-electron chi connectivity index (χ1n) is 7.74. The molecular formula is C20H19ClN2. The fourth-order valence-corrected chi connectivity index (χ4v) is 3.29. The Kier molecular flexibility index (Phi) is 4.63. The van der Waals surface area contributed by atoms with Crippen LogP contribution in [0.3, 0.4) is 0 Å². The van der Waals surface area contributed by atoms with Gasteiger partial charge in [-0.25, -0.2) is 0 Å². The Morgan fingerprint density at radius 1 is 0.739 bits per heavy atom. The Labute approximate surface area is 143 Å². The van der Waals surface area contributed by atoms with E-state index in [1.165, 1.54) is 22.3 Å². The summed E-state index contributed by atoms with van der Waals surface area (Å²) in [7, 11) is 0. The molecule has 3 heteroatoms. The van der Waals surface area contributed by atoms with E-state index in [9.17, 15) is 0 Å². The lowest BCUT2D eigenvalue weighted by molar-refractivity contribution is 0.928. The number of halogens is 1. The van der Waals surface area contributed by atoms with Gasteiger partial charge < -0.3 is 5.32 Å². The lowest BCUT2D eigenvalue weighted by atomic mass is 9.94. The second-order valence-corrected chi connectivity index (χ2v) is 5.71. The summed E-state index contributed by atoms with van der Waals surface area (Å²) in [6.07, 6.45) is 5.86. The van der Waals surface area contributed by atoms with Crippen LogP contribution in [-0.2, 0) is 12.8 Å². The number of nitrogens with one attached hydrogen (secondary N) is 1. The minimum atomic E-state index is 0. The summed E-state index contributed by atoms with van der Waals surface area (Å²) < 4.78 is 0. The van der Waals surface area contributed by atoms with Crippen LogP contribution >= 0.6 is 12.4 Å². The number of rotatable bonds is 2. The maximum atomic E-state index is 4.11. The molecule has 0 bridgehead atoms. The maximum Gasteiger partial charge on any atom is 0.0772 e. The standard InChI is InChI=1S/C20H18N2.ClH/c1-3-7-18-15(5-1)9-10-16-6-2-4-8-19(16)20(18)22-17-11-13-21-14-12-17;/h1-8,11-14,20H,9-10H2,(H,21,22);1H. The molecule has 0 spiro atoms. The van der Waals surface area contributed by atoms with Gasteiger partial charge in [-0.15, -0.1) is 12.4 Å². The van der Waals surface area contributed by atoms with E-state index in [0.717, 1.165) is 18.5 Å². The first kappa shape index (κ1) is 15.6. The minimum Gasteiger partial charge on any atom is -0.374 e. The fourth-order valence-electron chi connectivity index (χ4n) is 3.29. The number of benzene rings is 2. The van der Waals surface area contributed by atoms with Crippen molar-refractivity contribution in [2.75, 3.05) is 5.32 Å². The molecule has 0 aliphatic heterocycles. The average molecular weight is 323 g/mol. The van der Waals surface area contributed by atoms with Gasteiger partial charge in [0, 0.05) is 18.1 Å². The smallest absolute Gasteiger partial charge is 0.0772 e. The molecule has 3 aromatic rings. The number of aryl methyl sites for hydroxylation is 2. The van der Waals surface area contributed by atoms with Crippen LogP contribution in [0, 0.1) is 0 Å². The number of aromatic nitrogens is 1. The van der Waals surface area contributed by atoms with E-state index in [2.05, 4.69) is 58.8 Å². The van der Waals surface area contributed by atoms with Crippen LogP contribution in [0.25, 0.3) is 0 Å². The topological polar surface area (TPSA) is 24.9 Å². The van der Waals surface area contributed by atoms with E-state index < -0.39 is 0 Å². The largest absolute Gasteiger partial charge is 0.374 e. The van der Waals surface area contributed by atoms with Crippen molar-refractivity contribution < 1.29 is 0 Å². The van der Waals surface area contributed by atoms with Gasteiger partial charge in [0.1, 0.15) is 0 Å². The van der Waals surface area contributed by atoms with Gasteiger partial charge in [-0.2, -0.15) is 0 Å². The molecule has 1 aromatic heterocycles. The van der Waals surface area contributed by atoms with E-state index in [-0.39, 0.29) is 18.4 Å². The van der Waals surface area contributed by atoms with Crippen molar-refractivity contribution in [2.45, 2.75) is 18.9 Å². The molecule has 0 atom stereocenters. The molecule has 1 heterocycles. The number of nitrogens with zero attached hydrogens (tertiary/aromatic N) is 1. The van der Waals surface area contributed by atoms with Gasteiger partial charge >= 0.3 is 0 Å². The van der Waals surface area contributed by atoms with E-state index >= 15 is 0 Å². The van der Waals surface area contributed by atoms with Crippen LogP contribution in [0.4, 0.5) is 5.69 Å². The third kappa shape index (κ3) is 3.08. The van der Waals surface area contributed by atoms with Crippen LogP contribution in [0.15, 0.2) is 73.1 Å². The lowest BCUT2D eigenvalue weighted by Gasteiger charge is -2.23. The van der Waals surface area contributed by atoms with Crippen LogP contribution in [0.5, 0.6) is 0 Å². The van der Waals surface area contributed by atoms with Crippen molar-refractivity contribution in [1.29, 1.82) is 0 Å². The van der Waals surface area contributed by atoms with Crippen molar-refractivity contribution in [3.05, 3.63) is 95.3 Å². The van der Waals surface area contributed by atoms with Crippen molar-refractivity contribution in [2.24, 2.45) is 0 Å². The molecule has 0 amide bonds. The van der Waals surface area contributed by atoms with Gasteiger partial charge in [-0.3, -0.25) is 4.98 Å². The fraction of sp³-hybridized carbons (Fsp3) is 0.150. The van der Waals surface area contributed by atoms with Crippen molar-refractivity contribution >= 4 is 18.1 Å². The highest BCUT2D eigenvalue weighted by atomic mass is 35.5. The molecule has 1 N–H and O–H groups in total. The summed E-state index contributed by atoms with van der Waals surface area (Å²) in [4.78, 5) is 4.11. The Balaban J connectivity index is 0.00000156. The zero-order valence-electron chi connectivity index (χ0n) is 12.8. The second-order valence-electron chi connectivity index (χ2n) is 5.71. The summed E-state index contributed by atoms with van der Waals surface area (Å²) in [5, 5.41) is 3.69. The number of hydrogen-bond donors (Lipinski definition) is 1. The molecule has 0 unspecified atom stereocenters. The predicted octanol–water partition coefficient (Wildman–Crippen LogP) is 4.80. The molecule has 1 aliphatic rings. The minimum absolute atomic E-state index is 0. The number of fused-ring (bicyclic) bond motifs is 2. The molecule has 4 rings (SSSR count). The van der Waals surface area contributed by atoms with Gasteiger partial charge in [0.05, 0.1) is 6.04 Å². The van der Waals surface area contributed by atoms with E-state index in [1.807, 2.05) is 24.5 Å². The molecule has 2 aromatic carbocycles. The van der Waals surface area contributed by atoms with E-state index in [4.69, 9.17) is 0 Å². The highest BCUT2D eigenvalue weighted by Crippen LogP contribution is 2.34. The van der Waals surface area contributed by atoms with Crippen molar-refractivity contribution in [3.8, 4) is 0 Å². The molecule has 0 fully saturated rings. The zero-order valence-corrected chi connectivity index (χ0v) is 13.6. The summed E-state index contributed by atoms with van der Waals surface area (Å²) in [6.45, 7) is 0. The lowest BCUT2D eigenvalue weighted by Crippen LogP contribution is -2.14. The first-order valence-corrected chi connectivity index (χ1v) is 7.74. The third-order valence-corrected chi connectivity index (χ3v) is 4.39. The third-order valence-electron chi connectivity index (χ3n) is 4.39. The van der Waals surface area contributed by atoms with Gasteiger partial charge in [0.2, 0.25) is 0 Å². The summed E-state index contributed by atoms with van der Waals surface area (Å²) in [6, 6.07) is 21.8. The Bertz CT molecular complexity index is 739. The van der Waals surface area contributed by atoms with E-state index in [0.29, 0.717) is 0 Å². The van der Waals surface area contributed by atoms with Gasteiger partial charge in [-0.1, -0.05) is 48.5 Å². The average Bonchev–Trinajstić information content (AvgIpc) is 2.74. The SMILES string of the molecule is Cl.c1ccc2c(c1)CCc1ccccc1C2Nc1ccncc1. The molecule has 0 saturated heterocycles. The summed E-state index contributed by atoms with van der Waals surface area (Å²) in [5.41, 5.74) is 6.73. The number of hydrogen-bond acceptors (Lipinski definition) is 2. The summed E-state index contributed by atoms with van der Waals surface area (Å²) in [5.74, 6) is 0. The highest BCUT2D eigenvalue weighted by Gasteiger charge is 2.22. The molecule has 0 radical (unpaired) electrons. The summed E-state index contributed by atoms with van der Waals surface area (Å²) >= 11 is 0. The van der Waals surface area contributed by atoms with E-state index in [1.54, 1.807) is 0 Å². The van der Waals surface area contributed by atoms with Gasteiger partial charge in [0.25, 0.3) is 0 Å². The molecule has 116 valence electrons. The van der Waals surface area contributed by atoms with Gasteiger partial charge in [0.15, 0.2) is 0 Å². The first-order chi connectivity index (χ1) is 10.9. The molecular weight excluding hydrogens is 304 g/mol. The monoisotopic (exact) mass is 322 g/mol. The molecule has 0 saturated carbocycles. The normalized spacial score (nSPS) is 13.2. The van der Waals surface area contributed by atoms with Crippen molar-refractivity contribution in [3.63, 3.8) is 0 Å². The maximum absolute atomic E-state index is 4.11. The van der Waals surface area contributed by atoms with Crippen LogP contribution in [-0.4, -0.2) is 4.98 Å². The van der Waals surface area contributed by atoms with Crippen LogP contribution in [0.1, 0.15) is 28.3 Å². The molecule has 23 heavy (non-hydrogen) atoms. The van der Waals surface area contributed by atoms with Crippen LogP contribution < -0.4 is 5.32 Å². The molecule has 2 nitrogen and oxygen atoms in total. The molecule has 1 aliphatic carbocycles. The highest BCUT2D eigenvalue weighted by molar-refractivity contribution is 5.85. The Hall–Kier alpha value is -2.32. The second kappa shape index (κ2) is 6.84. The quantitative estimate of drug-likeness (QED) is 0.732. The number of anilines is 1.